The molecule has 0 saturated heterocycles. The standard InChI is InChI=1S/C25H22N2O5/c1-14-10-18(13-28)22(11-15(14)2)23-9-8-20(32-23)12-21-16(3)26-27(24(21)29)19-6-4-17(5-7-19)25(30)31/h4-12,28H,13H2,1-3H3,(H,30,31). The summed E-state index contributed by atoms with van der Waals surface area (Å²) in [5, 5.41) is 24.3. The topological polar surface area (TPSA) is 103 Å². The number of aryl methyl sites for hydroxylation is 2. The number of carboxylic acid groups (broad SMARTS) is 1. The Morgan fingerprint density at radius 3 is 2.41 bits per heavy atom. The van der Waals surface area contributed by atoms with Crippen LogP contribution in [0, 0.1) is 13.8 Å². The lowest BCUT2D eigenvalue weighted by Gasteiger charge is -2.11. The van der Waals surface area contributed by atoms with Crippen molar-refractivity contribution in [1.82, 2.24) is 0 Å². The average Bonchev–Trinajstić information content (AvgIpc) is 3.35. The van der Waals surface area contributed by atoms with Crippen molar-refractivity contribution in [3.05, 3.63) is 82.1 Å². The molecule has 2 aromatic carbocycles. The second-order valence-corrected chi connectivity index (χ2v) is 7.67. The van der Waals surface area contributed by atoms with Gasteiger partial charge in [0.05, 0.1) is 29.1 Å². The lowest BCUT2D eigenvalue weighted by atomic mass is 9.99. The number of hydrogen-bond donors (Lipinski definition) is 2. The third kappa shape index (κ3) is 3.86. The van der Waals surface area contributed by atoms with Gasteiger partial charge in [-0.05, 0) is 86.0 Å². The van der Waals surface area contributed by atoms with Crippen LogP contribution in [0.4, 0.5) is 5.69 Å². The Bertz CT molecular complexity index is 1280. The summed E-state index contributed by atoms with van der Waals surface area (Å²) >= 11 is 0. The van der Waals surface area contributed by atoms with E-state index < -0.39 is 5.97 Å². The summed E-state index contributed by atoms with van der Waals surface area (Å²) in [4.78, 5) is 24.0. The Kier molecular flexibility index (Phi) is 5.50. The van der Waals surface area contributed by atoms with E-state index in [4.69, 9.17) is 9.52 Å². The van der Waals surface area contributed by atoms with Crippen LogP contribution in [0.2, 0.25) is 0 Å². The fourth-order valence-electron chi connectivity index (χ4n) is 3.56. The van der Waals surface area contributed by atoms with E-state index in [1.54, 1.807) is 31.2 Å². The van der Waals surface area contributed by atoms with Gasteiger partial charge in [-0.3, -0.25) is 4.79 Å². The minimum absolute atomic E-state index is 0.104. The number of aliphatic hydroxyl groups excluding tert-OH is 1. The van der Waals surface area contributed by atoms with Gasteiger partial charge in [0, 0.05) is 5.56 Å². The second-order valence-electron chi connectivity index (χ2n) is 7.67. The maximum Gasteiger partial charge on any atom is 0.335 e. The number of aliphatic hydroxyl groups is 1. The van der Waals surface area contributed by atoms with E-state index in [1.165, 1.54) is 17.1 Å². The monoisotopic (exact) mass is 430 g/mol. The van der Waals surface area contributed by atoms with Gasteiger partial charge in [0.15, 0.2) is 0 Å². The predicted octanol–water partition coefficient (Wildman–Crippen LogP) is 4.56. The molecular weight excluding hydrogens is 408 g/mol. The van der Waals surface area contributed by atoms with E-state index in [-0.39, 0.29) is 18.1 Å². The summed E-state index contributed by atoms with van der Waals surface area (Å²) in [5.74, 6) is -0.273. The molecule has 4 rings (SSSR count). The first-order chi connectivity index (χ1) is 15.3. The van der Waals surface area contributed by atoms with Gasteiger partial charge < -0.3 is 14.6 Å². The zero-order valence-electron chi connectivity index (χ0n) is 17.9. The van der Waals surface area contributed by atoms with Crippen molar-refractivity contribution >= 4 is 29.4 Å². The van der Waals surface area contributed by atoms with Crippen molar-refractivity contribution in [1.29, 1.82) is 0 Å². The SMILES string of the molecule is CC1=NN(c2ccc(C(=O)O)cc2)C(=O)C1=Cc1ccc(-c2cc(C)c(C)cc2CO)o1. The van der Waals surface area contributed by atoms with Crippen LogP contribution in [0.25, 0.3) is 17.4 Å². The van der Waals surface area contributed by atoms with Crippen molar-refractivity contribution in [3.63, 3.8) is 0 Å². The molecule has 1 aromatic heterocycles. The number of carbonyl (C=O) groups excluding carboxylic acids is 1. The van der Waals surface area contributed by atoms with Crippen molar-refractivity contribution in [2.45, 2.75) is 27.4 Å². The van der Waals surface area contributed by atoms with Crippen LogP contribution in [0.1, 0.15) is 39.7 Å². The molecule has 0 aliphatic carbocycles. The molecule has 1 aliphatic heterocycles. The van der Waals surface area contributed by atoms with Crippen LogP contribution < -0.4 is 5.01 Å². The number of carbonyl (C=O) groups is 2. The van der Waals surface area contributed by atoms with Gasteiger partial charge in [-0.2, -0.15) is 10.1 Å². The van der Waals surface area contributed by atoms with Crippen molar-refractivity contribution in [2.75, 3.05) is 5.01 Å². The number of nitrogens with zero attached hydrogens (tertiary/aromatic N) is 2. The van der Waals surface area contributed by atoms with Crippen LogP contribution >= 0.6 is 0 Å². The molecule has 0 radical (unpaired) electrons. The Balaban J connectivity index is 1.63. The summed E-state index contributed by atoms with van der Waals surface area (Å²) < 4.78 is 5.97. The molecule has 0 spiro atoms. The summed E-state index contributed by atoms with van der Waals surface area (Å²) in [5.41, 5.74) is 5.28. The zero-order valence-corrected chi connectivity index (χ0v) is 17.9. The van der Waals surface area contributed by atoms with Gasteiger partial charge in [0.25, 0.3) is 5.91 Å². The summed E-state index contributed by atoms with van der Waals surface area (Å²) in [6.45, 7) is 5.62. The molecular formula is C25H22N2O5. The zero-order chi connectivity index (χ0) is 23.0. The molecule has 0 fully saturated rings. The minimum atomic E-state index is -1.04. The molecule has 7 nitrogen and oxygen atoms in total. The predicted molar refractivity (Wildman–Crippen MR) is 122 cm³/mol. The molecule has 3 aromatic rings. The van der Waals surface area contributed by atoms with Gasteiger partial charge in [-0.25, -0.2) is 4.79 Å². The molecule has 1 amide bonds. The van der Waals surface area contributed by atoms with Crippen LogP contribution in [0.3, 0.4) is 0 Å². The maximum absolute atomic E-state index is 13.0. The van der Waals surface area contributed by atoms with Gasteiger partial charge in [0.1, 0.15) is 11.5 Å². The molecule has 1 aliphatic rings. The Morgan fingerprint density at radius 2 is 1.75 bits per heavy atom. The molecule has 2 heterocycles. The van der Waals surface area contributed by atoms with E-state index in [1.807, 2.05) is 32.0 Å². The summed E-state index contributed by atoms with van der Waals surface area (Å²) in [7, 11) is 0. The highest BCUT2D eigenvalue weighted by Gasteiger charge is 2.29. The van der Waals surface area contributed by atoms with Crippen molar-refractivity contribution in [2.24, 2.45) is 5.10 Å². The number of benzene rings is 2. The molecule has 162 valence electrons. The van der Waals surface area contributed by atoms with Gasteiger partial charge in [-0.1, -0.05) is 6.07 Å². The molecule has 0 bridgehead atoms. The highest BCUT2D eigenvalue weighted by molar-refractivity contribution is 6.32. The summed E-state index contributed by atoms with van der Waals surface area (Å²) in [6, 6.07) is 13.4. The number of hydrogen-bond acceptors (Lipinski definition) is 5. The quantitative estimate of drug-likeness (QED) is 0.578. The molecule has 2 N–H and O–H groups in total. The van der Waals surface area contributed by atoms with Gasteiger partial charge in [0.2, 0.25) is 0 Å². The van der Waals surface area contributed by atoms with E-state index >= 15 is 0 Å². The van der Waals surface area contributed by atoms with Crippen LogP contribution in [0.15, 0.2) is 63.6 Å². The number of rotatable bonds is 5. The molecule has 0 saturated carbocycles. The third-order valence-electron chi connectivity index (χ3n) is 5.49. The third-order valence-corrected chi connectivity index (χ3v) is 5.49. The normalized spacial score (nSPS) is 14.9. The maximum atomic E-state index is 13.0. The average molecular weight is 430 g/mol. The van der Waals surface area contributed by atoms with E-state index in [9.17, 15) is 14.7 Å². The highest BCUT2D eigenvalue weighted by atomic mass is 16.4. The van der Waals surface area contributed by atoms with Crippen LogP contribution in [-0.4, -0.2) is 27.8 Å². The van der Waals surface area contributed by atoms with E-state index in [0.717, 1.165) is 22.3 Å². The first-order valence-corrected chi connectivity index (χ1v) is 10.0. The first kappa shape index (κ1) is 21.3. The molecule has 0 unspecified atom stereocenters. The summed E-state index contributed by atoms with van der Waals surface area (Å²) in [6.07, 6.45) is 1.63. The van der Waals surface area contributed by atoms with Crippen molar-refractivity contribution in [3.8, 4) is 11.3 Å². The number of anilines is 1. The second kappa shape index (κ2) is 8.28. The smallest absolute Gasteiger partial charge is 0.335 e. The number of amides is 1. The van der Waals surface area contributed by atoms with Gasteiger partial charge >= 0.3 is 5.97 Å². The van der Waals surface area contributed by atoms with Gasteiger partial charge in [-0.15, -0.1) is 0 Å². The van der Waals surface area contributed by atoms with E-state index in [2.05, 4.69) is 5.10 Å². The molecule has 7 heteroatoms. The fourth-order valence-corrected chi connectivity index (χ4v) is 3.56. The van der Waals surface area contributed by atoms with Crippen LogP contribution in [0.5, 0.6) is 0 Å². The molecule has 0 atom stereocenters. The number of aromatic carboxylic acids is 1. The Morgan fingerprint density at radius 1 is 1.06 bits per heavy atom. The minimum Gasteiger partial charge on any atom is -0.478 e. The number of carboxylic acids is 1. The van der Waals surface area contributed by atoms with E-state index in [0.29, 0.717) is 28.5 Å². The molecule has 32 heavy (non-hydrogen) atoms. The van der Waals surface area contributed by atoms with Crippen LogP contribution in [-0.2, 0) is 11.4 Å². The van der Waals surface area contributed by atoms with Crippen molar-refractivity contribution < 1.29 is 24.2 Å². The Labute approximate surface area is 184 Å². The largest absolute Gasteiger partial charge is 0.478 e. The first-order valence-electron chi connectivity index (χ1n) is 10.0. The lowest BCUT2D eigenvalue weighted by Crippen LogP contribution is -2.21. The number of furan rings is 1. The number of hydrazone groups is 1. The fraction of sp³-hybridized carbons (Fsp3) is 0.160. The Hall–Kier alpha value is -3.97. The highest BCUT2D eigenvalue weighted by Crippen LogP contribution is 2.31. The lowest BCUT2D eigenvalue weighted by molar-refractivity contribution is -0.114.